The molecule has 0 saturated carbocycles. The van der Waals surface area contributed by atoms with E-state index in [0.29, 0.717) is 5.92 Å². The lowest BCUT2D eigenvalue weighted by Gasteiger charge is -2.28. The molecule has 1 saturated heterocycles. The second-order valence-electron chi connectivity index (χ2n) is 6.36. The van der Waals surface area contributed by atoms with Crippen molar-refractivity contribution in [3.8, 4) is 5.75 Å². The number of benzene rings is 1. The van der Waals surface area contributed by atoms with Crippen LogP contribution in [0, 0.1) is 17.7 Å². The van der Waals surface area contributed by atoms with Crippen LogP contribution in [0.3, 0.4) is 0 Å². The number of piperidine rings is 1. The standard InChI is InChI=1S/C17H22F4N2O2.ClH/c1-11(12-4-6-22-7-5-12)8-16(24)23-14-3-2-13(18)9-15(14)25-10-17(19,20)21;/h2-3,9,11-12,22H,4-8,10H2,1H3,(H,23,24);1H. The van der Waals surface area contributed by atoms with Crippen LogP contribution in [0.2, 0.25) is 0 Å². The Morgan fingerprint density at radius 3 is 2.62 bits per heavy atom. The summed E-state index contributed by atoms with van der Waals surface area (Å²) in [4.78, 5) is 12.2. The zero-order valence-electron chi connectivity index (χ0n) is 14.4. The van der Waals surface area contributed by atoms with Gasteiger partial charge in [0.2, 0.25) is 5.91 Å². The highest BCUT2D eigenvalue weighted by atomic mass is 35.5. The van der Waals surface area contributed by atoms with Gasteiger partial charge in [0.1, 0.15) is 11.6 Å². The highest BCUT2D eigenvalue weighted by Gasteiger charge is 2.29. The molecular formula is C17H23ClF4N2O2. The predicted molar refractivity (Wildman–Crippen MR) is 93.2 cm³/mol. The molecule has 1 unspecified atom stereocenters. The number of nitrogens with one attached hydrogen (secondary N) is 2. The fourth-order valence-electron chi connectivity index (χ4n) is 2.95. The number of hydrogen-bond acceptors (Lipinski definition) is 3. The summed E-state index contributed by atoms with van der Waals surface area (Å²) in [5.74, 6) is -0.809. The first-order valence-electron chi connectivity index (χ1n) is 8.24. The highest BCUT2D eigenvalue weighted by molar-refractivity contribution is 5.92. The van der Waals surface area contributed by atoms with Gasteiger partial charge in [0.05, 0.1) is 5.69 Å². The molecule has 148 valence electrons. The minimum atomic E-state index is -4.54. The van der Waals surface area contributed by atoms with Crippen LogP contribution in [-0.2, 0) is 4.79 Å². The number of carbonyl (C=O) groups excluding carboxylic acids is 1. The Kier molecular flexibility index (Phi) is 8.62. The summed E-state index contributed by atoms with van der Waals surface area (Å²) in [6, 6.07) is 3.10. The van der Waals surface area contributed by atoms with Crippen LogP contribution in [0.1, 0.15) is 26.2 Å². The van der Waals surface area contributed by atoms with Crippen LogP contribution in [0.4, 0.5) is 23.2 Å². The van der Waals surface area contributed by atoms with E-state index in [1.54, 1.807) is 0 Å². The van der Waals surface area contributed by atoms with Crippen molar-refractivity contribution >= 4 is 24.0 Å². The fourth-order valence-corrected chi connectivity index (χ4v) is 2.95. The number of amides is 1. The van der Waals surface area contributed by atoms with Gasteiger partial charge in [0, 0.05) is 12.5 Å². The van der Waals surface area contributed by atoms with Gasteiger partial charge in [0.25, 0.3) is 0 Å². The fraction of sp³-hybridized carbons (Fsp3) is 0.588. The second-order valence-corrected chi connectivity index (χ2v) is 6.36. The van der Waals surface area contributed by atoms with E-state index in [-0.39, 0.29) is 42.1 Å². The van der Waals surface area contributed by atoms with Gasteiger partial charge in [-0.2, -0.15) is 13.2 Å². The molecular weight excluding hydrogens is 376 g/mol. The minimum Gasteiger partial charge on any atom is -0.482 e. The third-order valence-corrected chi connectivity index (χ3v) is 4.31. The maximum Gasteiger partial charge on any atom is 0.422 e. The van der Waals surface area contributed by atoms with Crippen molar-refractivity contribution in [1.29, 1.82) is 0 Å². The number of halogens is 5. The summed E-state index contributed by atoms with van der Waals surface area (Å²) >= 11 is 0. The van der Waals surface area contributed by atoms with Gasteiger partial charge >= 0.3 is 6.18 Å². The molecule has 0 aromatic heterocycles. The first-order chi connectivity index (χ1) is 11.7. The topological polar surface area (TPSA) is 50.4 Å². The number of alkyl halides is 3. The van der Waals surface area contributed by atoms with Gasteiger partial charge in [-0.1, -0.05) is 6.92 Å². The summed E-state index contributed by atoms with van der Waals surface area (Å²) in [6.07, 6.45) is -2.31. The largest absolute Gasteiger partial charge is 0.482 e. The summed E-state index contributed by atoms with van der Waals surface area (Å²) in [6.45, 7) is 2.28. The van der Waals surface area contributed by atoms with E-state index in [1.165, 1.54) is 6.07 Å². The van der Waals surface area contributed by atoms with Crippen LogP contribution in [-0.4, -0.2) is 31.8 Å². The van der Waals surface area contributed by atoms with Crippen molar-refractivity contribution in [1.82, 2.24) is 5.32 Å². The Morgan fingerprint density at radius 2 is 2.00 bits per heavy atom. The number of rotatable bonds is 6. The Labute approximate surface area is 156 Å². The van der Waals surface area contributed by atoms with Crippen molar-refractivity contribution in [2.75, 3.05) is 25.0 Å². The summed E-state index contributed by atoms with van der Waals surface area (Å²) in [5, 5.41) is 5.79. The molecule has 1 aliphatic rings. The normalized spacial score (nSPS) is 16.5. The van der Waals surface area contributed by atoms with E-state index in [4.69, 9.17) is 0 Å². The molecule has 1 amide bonds. The molecule has 1 aromatic rings. The molecule has 2 N–H and O–H groups in total. The van der Waals surface area contributed by atoms with Crippen LogP contribution in [0.25, 0.3) is 0 Å². The van der Waals surface area contributed by atoms with Crippen LogP contribution < -0.4 is 15.4 Å². The van der Waals surface area contributed by atoms with E-state index in [2.05, 4.69) is 15.4 Å². The molecule has 1 heterocycles. The van der Waals surface area contributed by atoms with Gasteiger partial charge in [-0.15, -0.1) is 12.4 Å². The average molecular weight is 399 g/mol. The van der Waals surface area contributed by atoms with E-state index < -0.39 is 18.6 Å². The SMILES string of the molecule is CC(CC(=O)Nc1ccc(F)cc1OCC(F)(F)F)C1CCNCC1.Cl. The monoisotopic (exact) mass is 398 g/mol. The molecule has 9 heteroatoms. The van der Waals surface area contributed by atoms with Crippen LogP contribution in [0.15, 0.2) is 18.2 Å². The van der Waals surface area contributed by atoms with Crippen molar-refractivity contribution < 1.29 is 27.1 Å². The van der Waals surface area contributed by atoms with E-state index >= 15 is 0 Å². The number of anilines is 1. The maximum absolute atomic E-state index is 13.3. The van der Waals surface area contributed by atoms with E-state index in [9.17, 15) is 22.4 Å². The molecule has 1 atom stereocenters. The quantitative estimate of drug-likeness (QED) is 0.708. The molecule has 1 aromatic carbocycles. The first kappa shape index (κ1) is 22.5. The van der Waals surface area contributed by atoms with Crippen molar-refractivity contribution in [3.63, 3.8) is 0 Å². The van der Waals surface area contributed by atoms with Gasteiger partial charge in [0.15, 0.2) is 6.61 Å². The van der Waals surface area contributed by atoms with Crippen molar-refractivity contribution in [2.24, 2.45) is 11.8 Å². The predicted octanol–water partition coefficient (Wildman–Crippen LogP) is 4.15. The summed E-state index contributed by atoms with van der Waals surface area (Å²) in [5.41, 5.74) is 0.0353. The van der Waals surface area contributed by atoms with Gasteiger partial charge in [-0.25, -0.2) is 4.39 Å². The maximum atomic E-state index is 13.3. The van der Waals surface area contributed by atoms with E-state index in [1.807, 2.05) is 6.92 Å². The third-order valence-electron chi connectivity index (χ3n) is 4.31. The highest BCUT2D eigenvalue weighted by Crippen LogP contribution is 2.29. The molecule has 1 fully saturated rings. The molecule has 1 aliphatic heterocycles. The number of ether oxygens (including phenoxy) is 1. The third kappa shape index (κ3) is 7.37. The average Bonchev–Trinajstić information content (AvgIpc) is 2.55. The second kappa shape index (κ2) is 9.97. The van der Waals surface area contributed by atoms with Crippen LogP contribution in [0.5, 0.6) is 5.75 Å². The lowest BCUT2D eigenvalue weighted by atomic mass is 9.84. The summed E-state index contributed by atoms with van der Waals surface area (Å²) < 4.78 is 54.8. The molecule has 0 bridgehead atoms. The zero-order valence-corrected chi connectivity index (χ0v) is 15.2. The van der Waals surface area contributed by atoms with Crippen molar-refractivity contribution in [3.05, 3.63) is 24.0 Å². The van der Waals surface area contributed by atoms with Crippen molar-refractivity contribution in [2.45, 2.75) is 32.4 Å². The molecule has 4 nitrogen and oxygen atoms in total. The number of hydrogen-bond donors (Lipinski definition) is 2. The molecule has 0 spiro atoms. The Morgan fingerprint density at radius 1 is 1.35 bits per heavy atom. The number of carbonyl (C=O) groups is 1. The zero-order chi connectivity index (χ0) is 18.4. The summed E-state index contributed by atoms with van der Waals surface area (Å²) in [7, 11) is 0. The molecule has 26 heavy (non-hydrogen) atoms. The smallest absolute Gasteiger partial charge is 0.422 e. The van der Waals surface area contributed by atoms with Crippen LogP contribution >= 0.6 is 12.4 Å². The lowest BCUT2D eigenvalue weighted by molar-refractivity contribution is -0.153. The van der Waals surface area contributed by atoms with Gasteiger partial charge in [-0.3, -0.25) is 4.79 Å². The molecule has 0 radical (unpaired) electrons. The minimum absolute atomic E-state index is 0. The molecule has 0 aliphatic carbocycles. The molecule has 2 rings (SSSR count). The van der Waals surface area contributed by atoms with E-state index in [0.717, 1.165) is 38.1 Å². The Hall–Kier alpha value is -1.54. The van der Waals surface area contributed by atoms with Gasteiger partial charge < -0.3 is 15.4 Å². The Balaban J connectivity index is 0.00000338. The first-order valence-corrected chi connectivity index (χ1v) is 8.24. The lowest BCUT2D eigenvalue weighted by Crippen LogP contribution is -2.32. The van der Waals surface area contributed by atoms with Gasteiger partial charge in [-0.05, 0) is 49.9 Å². The Bertz CT molecular complexity index is 593.